The Bertz CT molecular complexity index is 395. The van der Waals surface area contributed by atoms with Gasteiger partial charge in [0.05, 0.1) is 0 Å². The first kappa shape index (κ1) is 13.2. The summed E-state index contributed by atoms with van der Waals surface area (Å²) in [4.78, 5) is 22.9. The topological polar surface area (TPSA) is 55.4 Å². The summed E-state index contributed by atoms with van der Waals surface area (Å²) in [5.41, 5.74) is -0.246. The molecule has 0 aromatic heterocycles. The van der Waals surface area contributed by atoms with Gasteiger partial charge in [0.25, 0.3) is 0 Å². The van der Waals surface area contributed by atoms with Gasteiger partial charge in [-0.2, -0.15) is 0 Å². The maximum atomic E-state index is 11.5. The zero-order valence-corrected chi connectivity index (χ0v) is 11.9. The molecule has 0 heterocycles. The molecule has 0 spiro atoms. The first-order chi connectivity index (χ1) is 9.01. The third-order valence-corrected chi connectivity index (χ3v) is 5.27. The molecule has 4 nitrogen and oxygen atoms in total. The second-order valence-electron chi connectivity index (χ2n) is 6.47. The highest BCUT2D eigenvalue weighted by Gasteiger charge is 2.57. The lowest BCUT2D eigenvalue weighted by Crippen LogP contribution is -2.62. The average Bonchev–Trinajstić information content (AvgIpc) is 2.31. The molecule has 4 saturated carbocycles. The first-order valence-electron chi connectivity index (χ1n) is 7.06. The van der Waals surface area contributed by atoms with E-state index < -0.39 is 0 Å². The van der Waals surface area contributed by atoms with Crippen LogP contribution in [0.25, 0.3) is 0 Å². The maximum absolute atomic E-state index is 11.5. The minimum absolute atomic E-state index is 0.0223. The minimum Gasteiger partial charge on any atom is -0.459 e. The van der Waals surface area contributed by atoms with Gasteiger partial charge in [-0.25, -0.2) is 0 Å². The van der Waals surface area contributed by atoms with Gasteiger partial charge >= 0.3 is 5.97 Å². The first-order valence-corrected chi connectivity index (χ1v) is 7.60. The van der Waals surface area contributed by atoms with Crippen LogP contribution in [0.15, 0.2) is 0 Å². The highest BCUT2D eigenvalue weighted by molar-refractivity contribution is 6.27. The van der Waals surface area contributed by atoms with E-state index in [1.165, 1.54) is 6.92 Å². The molecule has 19 heavy (non-hydrogen) atoms. The molecule has 4 fully saturated rings. The lowest BCUT2D eigenvalue weighted by molar-refractivity contribution is -0.189. The van der Waals surface area contributed by atoms with Crippen molar-refractivity contribution in [3.8, 4) is 0 Å². The van der Waals surface area contributed by atoms with E-state index in [0.717, 1.165) is 32.1 Å². The van der Waals surface area contributed by atoms with E-state index in [9.17, 15) is 9.59 Å². The summed E-state index contributed by atoms with van der Waals surface area (Å²) in [6.07, 6.45) is 5.09. The normalized spacial score (nSPS) is 43.1. The van der Waals surface area contributed by atoms with Gasteiger partial charge in [0.1, 0.15) is 11.5 Å². The predicted molar refractivity (Wildman–Crippen MR) is 70.7 cm³/mol. The van der Waals surface area contributed by atoms with Crippen molar-refractivity contribution in [2.24, 2.45) is 17.8 Å². The summed E-state index contributed by atoms with van der Waals surface area (Å²) in [6.45, 7) is 1.49. The Morgan fingerprint density at radius 1 is 1.26 bits per heavy atom. The third kappa shape index (κ3) is 2.35. The number of rotatable bonds is 3. The Hall–Kier alpha value is -0.770. The van der Waals surface area contributed by atoms with Crippen LogP contribution >= 0.6 is 11.6 Å². The Labute approximate surface area is 118 Å². The van der Waals surface area contributed by atoms with E-state index in [2.05, 4.69) is 5.32 Å². The average molecular weight is 286 g/mol. The molecule has 106 valence electrons. The number of esters is 1. The van der Waals surface area contributed by atoms with Gasteiger partial charge in [-0.3, -0.25) is 9.59 Å². The number of hydrogen-bond acceptors (Lipinski definition) is 3. The van der Waals surface area contributed by atoms with Crippen LogP contribution in [0.3, 0.4) is 0 Å². The standard InChI is InChI=1S/C14H20ClNO3/c1-8(17)19-14-4-9-2-10(5-14)13(11(3-9)6-14)16-12(18)7-15/h9-11,13H,2-7H2,1H3,(H,16,18)/t9?,10-,11+,13?,14?. The van der Waals surface area contributed by atoms with Crippen molar-refractivity contribution in [1.82, 2.24) is 5.32 Å². The highest BCUT2D eigenvalue weighted by Crippen LogP contribution is 2.57. The van der Waals surface area contributed by atoms with Crippen molar-refractivity contribution >= 4 is 23.5 Å². The lowest BCUT2D eigenvalue weighted by atomic mass is 9.52. The van der Waals surface area contributed by atoms with Crippen LogP contribution < -0.4 is 5.32 Å². The van der Waals surface area contributed by atoms with Crippen molar-refractivity contribution in [3.05, 3.63) is 0 Å². The summed E-state index contributed by atoms with van der Waals surface area (Å²) in [7, 11) is 0. The summed E-state index contributed by atoms with van der Waals surface area (Å²) in [5.74, 6) is 1.30. The second-order valence-corrected chi connectivity index (χ2v) is 6.74. The summed E-state index contributed by atoms with van der Waals surface area (Å²) in [6, 6.07) is 0.228. The smallest absolute Gasteiger partial charge is 0.303 e. The molecule has 4 aliphatic carbocycles. The van der Waals surface area contributed by atoms with E-state index in [1.54, 1.807) is 0 Å². The lowest BCUT2D eigenvalue weighted by Gasteiger charge is -2.59. The van der Waals surface area contributed by atoms with Crippen LogP contribution in [-0.4, -0.2) is 29.4 Å². The zero-order valence-electron chi connectivity index (χ0n) is 11.2. The third-order valence-electron chi connectivity index (χ3n) is 5.03. The van der Waals surface area contributed by atoms with Gasteiger partial charge in [0, 0.05) is 13.0 Å². The number of carbonyl (C=O) groups is 2. The Kier molecular flexibility index (Phi) is 3.24. The molecule has 0 aliphatic heterocycles. The summed E-state index contributed by atoms with van der Waals surface area (Å²) >= 11 is 5.58. The second kappa shape index (κ2) is 4.65. The maximum Gasteiger partial charge on any atom is 0.303 e. The predicted octanol–water partition coefficient (Wildman–Crippen LogP) is 1.85. The molecule has 1 N–H and O–H groups in total. The molecule has 4 bridgehead atoms. The number of amides is 1. The van der Waals surface area contributed by atoms with Crippen LogP contribution in [-0.2, 0) is 14.3 Å². The molecule has 4 rings (SSSR count). The fourth-order valence-corrected chi connectivity index (χ4v) is 4.92. The van der Waals surface area contributed by atoms with Gasteiger partial charge < -0.3 is 10.1 Å². The highest BCUT2D eigenvalue weighted by atomic mass is 35.5. The SMILES string of the molecule is CC(=O)OC12CC3C[C@H](C1)C(NC(=O)CCl)[C@@H](C3)C2. The fraction of sp³-hybridized carbons (Fsp3) is 0.857. The Balaban J connectivity index is 1.76. The van der Waals surface area contributed by atoms with Crippen molar-refractivity contribution in [2.45, 2.75) is 50.7 Å². The Morgan fingerprint density at radius 2 is 1.89 bits per heavy atom. The molecule has 0 aromatic rings. The van der Waals surface area contributed by atoms with Crippen molar-refractivity contribution < 1.29 is 14.3 Å². The van der Waals surface area contributed by atoms with Gasteiger partial charge in [0.15, 0.2) is 0 Å². The molecule has 3 unspecified atom stereocenters. The van der Waals surface area contributed by atoms with Crippen LogP contribution in [0, 0.1) is 17.8 Å². The molecular formula is C14H20ClNO3. The van der Waals surface area contributed by atoms with Gasteiger partial charge in [-0.1, -0.05) is 0 Å². The van der Waals surface area contributed by atoms with E-state index in [4.69, 9.17) is 16.3 Å². The number of hydrogen-bond donors (Lipinski definition) is 1. The quantitative estimate of drug-likeness (QED) is 0.636. The van der Waals surface area contributed by atoms with Crippen molar-refractivity contribution in [1.29, 1.82) is 0 Å². The van der Waals surface area contributed by atoms with Crippen LogP contribution in [0.1, 0.15) is 39.0 Å². The molecule has 4 aliphatic rings. The van der Waals surface area contributed by atoms with E-state index in [-0.39, 0.29) is 29.4 Å². The largest absolute Gasteiger partial charge is 0.459 e. The van der Waals surface area contributed by atoms with E-state index in [1.807, 2.05) is 0 Å². The van der Waals surface area contributed by atoms with Gasteiger partial charge in [-0.05, 0) is 49.9 Å². The van der Waals surface area contributed by atoms with Crippen molar-refractivity contribution in [3.63, 3.8) is 0 Å². The van der Waals surface area contributed by atoms with Gasteiger partial charge in [-0.15, -0.1) is 11.6 Å². The summed E-state index contributed by atoms with van der Waals surface area (Å²) in [5, 5.41) is 3.07. The Morgan fingerprint density at radius 3 is 2.42 bits per heavy atom. The molecule has 0 saturated heterocycles. The van der Waals surface area contributed by atoms with E-state index in [0.29, 0.717) is 17.8 Å². The number of alkyl halides is 1. The molecular weight excluding hydrogens is 266 g/mol. The zero-order chi connectivity index (χ0) is 13.6. The number of nitrogens with one attached hydrogen (secondary N) is 1. The molecule has 5 atom stereocenters. The van der Waals surface area contributed by atoms with Crippen LogP contribution in [0.5, 0.6) is 0 Å². The van der Waals surface area contributed by atoms with Crippen molar-refractivity contribution in [2.75, 3.05) is 5.88 Å². The fourth-order valence-electron chi connectivity index (χ4n) is 4.84. The number of carbonyl (C=O) groups excluding carboxylic acids is 2. The van der Waals surface area contributed by atoms with Crippen LogP contribution in [0.2, 0.25) is 0 Å². The monoisotopic (exact) mass is 285 g/mol. The van der Waals surface area contributed by atoms with E-state index >= 15 is 0 Å². The molecule has 1 amide bonds. The minimum atomic E-state index is -0.246. The van der Waals surface area contributed by atoms with Crippen LogP contribution in [0.4, 0.5) is 0 Å². The van der Waals surface area contributed by atoms with Gasteiger partial charge in [0.2, 0.25) is 5.91 Å². The molecule has 0 radical (unpaired) electrons. The summed E-state index contributed by atoms with van der Waals surface area (Å²) < 4.78 is 5.65. The number of halogens is 1. The molecule has 5 heteroatoms. The molecule has 0 aromatic carbocycles. The number of ether oxygens (including phenoxy) is 1.